The highest BCUT2D eigenvalue weighted by Gasteiger charge is 2.48. The molecule has 4 nitrogen and oxygen atoms in total. The standard InChI is InChI=1S/C17H31N3O/c1-11(2)9-15-18-16(12(3)4)17(21)20(15)14-10-19-7-5-13(14)6-8-19/h11-16,18H,5-10H2,1-4H3. The molecule has 0 saturated carbocycles. The summed E-state index contributed by atoms with van der Waals surface area (Å²) < 4.78 is 0. The molecule has 0 aromatic rings. The minimum absolute atomic E-state index is 0.0178. The van der Waals surface area contributed by atoms with E-state index >= 15 is 0 Å². The van der Waals surface area contributed by atoms with Gasteiger partial charge < -0.3 is 9.80 Å². The second-order valence-electron chi connectivity index (χ2n) is 7.98. The molecule has 4 rings (SSSR count). The first kappa shape index (κ1) is 15.3. The lowest BCUT2D eigenvalue weighted by molar-refractivity contribution is -0.137. The molecule has 21 heavy (non-hydrogen) atoms. The summed E-state index contributed by atoms with van der Waals surface area (Å²) >= 11 is 0. The van der Waals surface area contributed by atoms with Gasteiger partial charge in [-0.3, -0.25) is 10.1 Å². The number of hydrogen-bond acceptors (Lipinski definition) is 3. The Bertz CT molecular complexity index is 387. The quantitative estimate of drug-likeness (QED) is 0.860. The average molecular weight is 293 g/mol. The Hall–Kier alpha value is -0.610. The Morgan fingerprint density at radius 2 is 1.86 bits per heavy atom. The van der Waals surface area contributed by atoms with Crippen LogP contribution in [0.15, 0.2) is 0 Å². The van der Waals surface area contributed by atoms with Crippen LogP contribution >= 0.6 is 0 Å². The largest absolute Gasteiger partial charge is 0.321 e. The van der Waals surface area contributed by atoms with Crippen LogP contribution in [0.25, 0.3) is 0 Å². The van der Waals surface area contributed by atoms with Gasteiger partial charge in [-0.1, -0.05) is 27.7 Å². The number of rotatable bonds is 4. The van der Waals surface area contributed by atoms with Crippen LogP contribution in [0.4, 0.5) is 0 Å². The summed E-state index contributed by atoms with van der Waals surface area (Å²) in [6.07, 6.45) is 3.86. The molecule has 120 valence electrons. The van der Waals surface area contributed by atoms with Crippen LogP contribution in [0.5, 0.6) is 0 Å². The van der Waals surface area contributed by atoms with Gasteiger partial charge >= 0.3 is 0 Å². The highest BCUT2D eigenvalue weighted by molar-refractivity contribution is 5.85. The summed E-state index contributed by atoms with van der Waals surface area (Å²) in [7, 11) is 0. The monoisotopic (exact) mass is 293 g/mol. The Morgan fingerprint density at radius 1 is 1.19 bits per heavy atom. The first-order valence-electron chi connectivity index (χ1n) is 8.78. The molecular formula is C17H31N3O. The van der Waals surface area contributed by atoms with E-state index in [0.717, 1.165) is 18.9 Å². The number of carbonyl (C=O) groups excluding carboxylic acids is 1. The Morgan fingerprint density at radius 3 is 2.33 bits per heavy atom. The molecule has 0 aromatic heterocycles. The third kappa shape index (κ3) is 2.85. The Balaban J connectivity index is 1.80. The van der Waals surface area contributed by atoms with Crippen molar-refractivity contribution in [2.45, 2.75) is 65.2 Å². The maximum Gasteiger partial charge on any atom is 0.241 e. The van der Waals surface area contributed by atoms with Crippen LogP contribution in [0, 0.1) is 17.8 Å². The second-order valence-corrected chi connectivity index (χ2v) is 7.98. The highest BCUT2D eigenvalue weighted by atomic mass is 16.2. The van der Waals surface area contributed by atoms with Gasteiger partial charge in [-0.05, 0) is 50.1 Å². The maximum atomic E-state index is 13.0. The molecule has 3 atom stereocenters. The van der Waals surface area contributed by atoms with Crippen molar-refractivity contribution in [3.63, 3.8) is 0 Å². The lowest BCUT2D eigenvalue weighted by atomic mass is 9.82. The van der Waals surface area contributed by atoms with E-state index in [4.69, 9.17) is 0 Å². The summed E-state index contributed by atoms with van der Waals surface area (Å²) in [6, 6.07) is 0.462. The molecule has 4 fully saturated rings. The number of hydrogen-bond donors (Lipinski definition) is 1. The molecule has 0 aromatic carbocycles. The van der Waals surface area contributed by atoms with Crippen LogP contribution in [0.1, 0.15) is 47.0 Å². The van der Waals surface area contributed by atoms with E-state index in [1.165, 1.54) is 25.9 Å². The Labute approximate surface area is 129 Å². The SMILES string of the molecule is CC(C)CC1NC(C(C)C)C(=O)N1C1CN2CCC1CC2. The average Bonchev–Trinajstić information content (AvgIpc) is 2.76. The number of piperidine rings is 3. The van der Waals surface area contributed by atoms with E-state index in [2.05, 4.69) is 42.8 Å². The van der Waals surface area contributed by atoms with Crippen molar-refractivity contribution in [1.82, 2.24) is 15.1 Å². The predicted octanol–water partition coefficient (Wildman–Crippen LogP) is 1.91. The fourth-order valence-electron chi connectivity index (χ4n) is 4.42. The molecule has 4 heteroatoms. The van der Waals surface area contributed by atoms with E-state index in [1.54, 1.807) is 0 Å². The van der Waals surface area contributed by atoms with Gasteiger partial charge in [0.15, 0.2) is 0 Å². The molecule has 0 spiro atoms. The zero-order valence-corrected chi connectivity index (χ0v) is 14.0. The van der Waals surface area contributed by atoms with Crippen molar-refractivity contribution in [1.29, 1.82) is 0 Å². The lowest BCUT2D eigenvalue weighted by Crippen LogP contribution is -2.60. The fourth-order valence-corrected chi connectivity index (χ4v) is 4.42. The molecule has 4 saturated heterocycles. The third-order valence-electron chi connectivity index (χ3n) is 5.57. The second kappa shape index (κ2) is 5.88. The van der Waals surface area contributed by atoms with Gasteiger partial charge in [-0.2, -0.15) is 0 Å². The van der Waals surface area contributed by atoms with Crippen LogP contribution in [-0.4, -0.2) is 53.6 Å². The van der Waals surface area contributed by atoms with Crippen LogP contribution in [-0.2, 0) is 4.79 Å². The minimum atomic E-state index is 0.0178. The zero-order chi connectivity index (χ0) is 15.1. The molecule has 1 N–H and O–H groups in total. The number of nitrogens with one attached hydrogen (secondary N) is 1. The first-order chi connectivity index (χ1) is 9.97. The number of carbonyl (C=O) groups is 1. The fraction of sp³-hybridized carbons (Fsp3) is 0.941. The van der Waals surface area contributed by atoms with E-state index in [0.29, 0.717) is 23.8 Å². The van der Waals surface area contributed by atoms with Crippen molar-refractivity contribution in [2.24, 2.45) is 17.8 Å². The molecule has 2 bridgehead atoms. The van der Waals surface area contributed by atoms with E-state index in [9.17, 15) is 4.79 Å². The predicted molar refractivity (Wildman–Crippen MR) is 84.8 cm³/mol. The van der Waals surface area contributed by atoms with Gasteiger partial charge in [0.25, 0.3) is 0 Å². The van der Waals surface area contributed by atoms with Crippen LogP contribution < -0.4 is 5.32 Å². The maximum absolute atomic E-state index is 13.0. The minimum Gasteiger partial charge on any atom is -0.321 e. The van der Waals surface area contributed by atoms with E-state index in [1.807, 2.05) is 0 Å². The first-order valence-corrected chi connectivity index (χ1v) is 8.78. The Kier molecular flexibility index (Phi) is 4.28. The smallest absolute Gasteiger partial charge is 0.241 e. The summed E-state index contributed by atoms with van der Waals surface area (Å²) in [6.45, 7) is 12.4. The summed E-state index contributed by atoms with van der Waals surface area (Å²) in [5.74, 6) is 2.07. The third-order valence-corrected chi connectivity index (χ3v) is 5.57. The van der Waals surface area contributed by atoms with Crippen molar-refractivity contribution in [3.05, 3.63) is 0 Å². The van der Waals surface area contributed by atoms with E-state index < -0.39 is 0 Å². The topological polar surface area (TPSA) is 35.6 Å². The van der Waals surface area contributed by atoms with Crippen LogP contribution in [0.2, 0.25) is 0 Å². The van der Waals surface area contributed by atoms with Crippen LogP contribution in [0.3, 0.4) is 0 Å². The summed E-state index contributed by atoms with van der Waals surface area (Å²) in [5, 5.41) is 3.64. The summed E-state index contributed by atoms with van der Waals surface area (Å²) in [4.78, 5) is 17.8. The summed E-state index contributed by atoms with van der Waals surface area (Å²) in [5.41, 5.74) is 0. The number of amides is 1. The van der Waals surface area contributed by atoms with Gasteiger partial charge in [-0.15, -0.1) is 0 Å². The number of nitrogens with zero attached hydrogens (tertiary/aromatic N) is 2. The normalized spacial score (nSPS) is 39.8. The molecule has 0 radical (unpaired) electrons. The molecular weight excluding hydrogens is 262 g/mol. The van der Waals surface area contributed by atoms with Gasteiger partial charge in [-0.25, -0.2) is 0 Å². The van der Waals surface area contributed by atoms with Crippen molar-refractivity contribution >= 4 is 5.91 Å². The van der Waals surface area contributed by atoms with Crippen molar-refractivity contribution in [3.8, 4) is 0 Å². The molecule has 4 aliphatic heterocycles. The van der Waals surface area contributed by atoms with E-state index in [-0.39, 0.29) is 12.2 Å². The lowest BCUT2D eigenvalue weighted by Gasteiger charge is -2.49. The van der Waals surface area contributed by atoms with Crippen molar-refractivity contribution < 1.29 is 4.79 Å². The van der Waals surface area contributed by atoms with Gasteiger partial charge in [0.2, 0.25) is 5.91 Å². The molecule has 4 heterocycles. The zero-order valence-electron chi connectivity index (χ0n) is 14.0. The molecule has 0 aliphatic carbocycles. The van der Waals surface area contributed by atoms with Gasteiger partial charge in [0, 0.05) is 12.6 Å². The molecule has 3 unspecified atom stereocenters. The van der Waals surface area contributed by atoms with Gasteiger partial charge in [0.05, 0.1) is 12.2 Å². The molecule has 4 aliphatic rings. The highest BCUT2D eigenvalue weighted by Crippen LogP contribution is 2.35. The molecule has 1 amide bonds. The van der Waals surface area contributed by atoms with Crippen molar-refractivity contribution in [2.75, 3.05) is 19.6 Å². The van der Waals surface area contributed by atoms with Gasteiger partial charge in [0.1, 0.15) is 0 Å². The number of fused-ring (bicyclic) bond motifs is 3.